The highest BCUT2D eigenvalue weighted by molar-refractivity contribution is 4.79. The lowest BCUT2D eigenvalue weighted by Gasteiger charge is -2.34. The van der Waals surface area contributed by atoms with Crippen molar-refractivity contribution in [1.29, 1.82) is 0 Å². The number of nitrogens with one attached hydrogen (secondary N) is 1. The van der Waals surface area contributed by atoms with Gasteiger partial charge in [-0.15, -0.1) is 0 Å². The van der Waals surface area contributed by atoms with Gasteiger partial charge in [-0.1, -0.05) is 66.7 Å². The first-order valence-electron chi connectivity index (χ1n) is 7.27. The van der Waals surface area contributed by atoms with Gasteiger partial charge in [-0.3, -0.25) is 0 Å². The number of hydrogen-bond acceptors (Lipinski definition) is 1. The molecule has 0 aromatic heterocycles. The van der Waals surface area contributed by atoms with E-state index in [0.717, 1.165) is 12.5 Å². The first kappa shape index (κ1) is 16.0. The summed E-state index contributed by atoms with van der Waals surface area (Å²) >= 11 is 0. The van der Waals surface area contributed by atoms with Crippen LogP contribution < -0.4 is 5.32 Å². The van der Waals surface area contributed by atoms with Crippen LogP contribution in [0, 0.1) is 11.3 Å². The molecule has 0 spiro atoms. The predicted octanol–water partition coefficient (Wildman–Crippen LogP) is 4.62. The Morgan fingerprint density at radius 1 is 1.00 bits per heavy atom. The highest BCUT2D eigenvalue weighted by Gasteiger charge is 2.26. The maximum atomic E-state index is 3.52. The van der Waals surface area contributed by atoms with Crippen LogP contribution in [0.1, 0.15) is 73.1 Å². The molecule has 0 fully saturated rings. The fourth-order valence-electron chi connectivity index (χ4n) is 2.12. The molecule has 0 saturated carbocycles. The molecule has 0 aliphatic carbocycles. The zero-order valence-electron chi connectivity index (χ0n) is 12.2. The van der Waals surface area contributed by atoms with Crippen molar-refractivity contribution >= 4 is 0 Å². The Morgan fingerprint density at radius 3 is 2.12 bits per heavy atom. The lowest BCUT2D eigenvalue weighted by atomic mass is 9.75. The minimum Gasteiger partial charge on any atom is -0.316 e. The van der Waals surface area contributed by atoms with Gasteiger partial charge in [-0.25, -0.2) is 0 Å². The van der Waals surface area contributed by atoms with Gasteiger partial charge in [0.2, 0.25) is 0 Å². The molecule has 1 heteroatoms. The molecule has 0 heterocycles. The van der Waals surface area contributed by atoms with Gasteiger partial charge in [-0.05, 0) is 24.3 Å². The predicted molar refractivity (Wildman–Crippen MR) is 74.9 cm³/mol. The molecular weight excluding hydrogens is 194 g/mol. The summed E-state index contributed by atoms with van der Waals surface area (Å²) in [6.45, 7) is 13.9. The Morgan fingerprint density at radius 2 is 1.62 bits per heavy atom. The highest BCUT2D eigenvalue weighted by atomic mass is 14.9. The minimum absolute atomic E-state index is 0.488. The van der Waals surface area contributed by atoms with Crippen molar-refractivity contribution < 1.29 is 0 Å². The van der Waals surface area contributed by atoms with E-state index in [1.807, 2.05) is 0 Å². The van der Waals surface area contributed by atoms with Gasteiger partial charge in [0.25, 0.3) is 0 Å². The van der Waals surface area contributed by atoms with Gasteiger partial charge in [0.05, 0.1) is 0 Å². The van der Waals surface area contributed by atoms with E-state index in [1.165, 1.54) is 45.1 Å². The van der Waals surface area contributed by atoms with Crippen molar-refractivity contribution in [2.75, 3.05) is 13.1 Å². The molecule has 0 bridgehead atoms. The van der Waals surface area contributed by atoms with Crippen LogP contribution in [0.25, 0.3) is 0 Å². The first-order valence-corrected chi connectivity index (χ1v) is 7.27. The fraction of sp³-hybridized carbons (Fsp3) is 1.00. The summed E-state index contributed by atoms with van der Waals surface area (Å²) in [5.41, 5.74) is 0.488. The van der Waals surface area contributed by atoms with Crippen LogP contribution in [0.15, 0.2) is 0 Å². The van der Waals surface area contributed by atoms with E-state index in [-0.39, 0.29) is 0 Å². The molecule has 1 N–H and O–H groups in total. The summed E-state index contributed by atoms with van der Waals surface area (Å²) < 4.78 is 0. The first-order chi connectivity index (χ1) is 7.56. The van der Waals surface area contributed by atoms with Crippen molar-refractivity contribution in [2.45, 2.75) is 73.1 Å². The summed E-state index contributed by atoms with van der Waals surface area (Å²) in [6, 6.07) is 0. The third-order valence-corrected chi connectivity index (χ3v) is 4.02. The summed E-state index contributed by atoms with van der Waals surface area (Å²) in [4.78, 5) is 0. The van der Waals surface area contributed by atoms with Gasteiger partial charge >= 0.3 is 0 Å². The molecular formula is C15H33N. The summed E-state index contributed by atoms with van der Waals surface area (Å²) in [5, 5.41) is 3.52. The van der Waals surface area contributed by atoms with Crippen LogP contribution in [0.3, 0.4) is 0 Å². The van der Waals surface area contributed by atoms with Gasteiger partial charge in [0.15, 0.2) is 0 Å². The number of rotatable bonds is 10. The Kier molecular flexibility index (Phi) is 9.02. The second-order valence-corrected chi connectivity index (χ2v) is 5.75. The molecule has 0 aromatic rings. The lowest BCUT2D eigenvalue weighted by molar-refractivity contribution is 0.186. The van der Waals surface area contributed by atoms with Crippen molar-refractivity contribution in [3.8, 4) is 0 Å². The zero-order chi connectivity index (χ0) is 12.4. The second-order valence-electron chi connectivity index (χ2n) is 5.75. The van der Waals surface area contributed by atoms with Crippen LogP contribution in [0.2, 0.25) is 0 Å². The summed E-state index contributed by atoms with van der Waals surface area (Å²) in [6.07, 6.45) is 8.38. The molecule has 1 atom stereocenters. The molecule has 0 aromatic carbocycles. The molecule has 1 nitrogen and oxygen atoms in total. The topological polar surface area (TPSA) is 12.0 Å². The molecule has 0 aliphatic rings. The maximum Gasteiger partial charge on any atom is 0.000749 e. The largest absolute Gasteiger partial charge is 0.316 e. The van der Waals surface area contributed by atoms with Crippen LogP contribution in [-0.2, 0) is 0 Å². The zero-order valence-corrected chi connectivity index (χ0v) is 12.2. The molecule has 0 rings (SSSR count). The van der Waals surface area contributed by atoms with Crippen LogP contribution in [0.4, 0.5) is 0 Å². The van der Waals surface area contributed by atoms with E-state index in [2.05, 4.69) is 39.9 Å². The monoisotopic (exact) mass is 227 g/mol. The average Bonchev–Trinajstić information content (AvgIpc) is 2.26. The quantitative estimate of drug-likeness (QED) is 0.537. The van der Waals surface area contributed by atoms with Crippen LogP contribution in [-0.4, -0.2) is 13.1 Å². The van der Waals surface area contributed by atoms with Crippen molar-refractivity contribution in [3.63, 3.8) is 0 Å². The maximum absolute atomic E-state index is 3.52. The summed E-state index contributed by atoms with van der Waals surface area (Å²) in [5.74, 6) is 0.776. The number of hydrogen-bond donors (Lipinski definition) is 1. The van der Waals surface area contributed by atoms with E-state index in [1.54, 1.807) is 0 Å². The Bertz CT molecular complexity index is 154. The van der Waals surface area contributed by atoms with Crippen LogP contribution in [0.5, 0.6) is 0 Å². The SMILES string of the molecule is CCCCCCCC(C)(CNCC)C(C)C. The second kappa shape index (κ2) is 9.04. The standard InChI is InChI=1S/C15H33N/c1-6-8-9-10-11-12-15(5,14(3)4)13-16-7-2/h14,16H,6-13H2,1-5H3. The van der Waals surface area contributed by atoms with Crippen molar-refractivity contribution in [1.82, 2.24) is 5.32 Å². The Hall–Kier alpha value is -0.0400. The van der Waals surface area contributed by atoms with Gasteiger partial charge in [0.1, 0.15) is 0 Å². The molecule has 1 unspecified atom stereocenters. The van der Waals surface area contributed by atoms with Crippen LogP contribution >= 0.6 is 0 Å². The van der Waals surface area contributed by atoms with Gasteiger partial charge in [-0.2, -0.15) is 0 Å². The molecule has 0 radical (unpaired) electrons. The minimum atomic E-state index is 0.488. The summed E-state index contributed by atoms with van der Waals surface area (Å²) in [7, 11) is 0. The Labute approximate surface area is 103 Å². The normalized spacial score (nSPS) is 15.4. The molecule has 0 amide bonds. The number of unbranched alkanes of at least 4 members (excludes halogenated alkanes) is 4. The third kappa shape index (κ3) is 6.52. The molecule has 0 aliphatic heterocycles. The van der Waals surface area contributed by atoms with E-state index in [9.17, 15) is 0 Å². The Balaban J connectivity index is 3.83. The van der Waals surface area contributed by atoms with Gasteiger partial charge in [0, 0.05) is 6.54 Å². The van der Waals surface area contributed by atoms with E-state index < -0.39 is 0 Å². The molecule has 0 saturated heterocycles. The smallest absolute Gasteiger partial charge is 0.000749 e. The van der Waals surface area contributed by atoms with E-state index in [0.29, 0.717) is 5.41 Å². The van der Waals surface area contributed by atoms with Crippen molar-refractivity contribution in [3.05, 3.63) is 0 Å². The van der Waals surface area contributed by atoms with E-state index >= 15 is 0 Å². The molecule has 98 valence electrons. The molecule has 16 heavy (non-hydrogen) atoms. The van der Waals surface area contributed by atoms with Crippen molar-refractivity contribution in [2.24, 2.45) is 11.3 Å². The third-order valence-electron chi connectivity index (χ3n) is 4.02. The fourth-order valence-corrected chi connectivity index (χ4v) is 2.12. The average molecular weight is 227 g/mol. The van der Waals surface area contributed by atoms with E-state index in [4.69, 9.17) is 0 Å². The lowest BCUT2D eigenvalue weighted by Crippen LogP contribution is -2.36. The highest BCUT2D eigenvalue weighted by Crippen LogP contribution is 2.32. The van der Waals surface area contributed by atoms with Gasteiger partial charge < -0.3 is 5.32 Å².